The van der Waals surface area contributed by atoms with E-state index in [1.807, 2.05) is 4.90 Å². The number of hydrogen-bond donors (Lipinski definition) is 0. The standard InChI is InChI=1S/C24H29FN3O3/c1-18(2)16-26-11-13-27(14-12-26)24(30)28(22-6-4-5-21(25)15-22)17-19-7-9-20(10-8-19)23(29)31-3/h4-10,15H,11-14,16-17H2,1-3H3. The van der Waals surface area contributed by atoms with Crippen LogP contribution in [-0.4, -0.2) is 61.6 Å². The van der Waals surface area contributed by atoms with E-state index in [-0.39, 0.29) is 12.6 Å². The number of rotatable bonds is 6. The van der Waals surface area contributed by atoms with Crippen molar-refractivity contribution in [2.75, 3.05) is 44.7 Å². The molecule has 7 heteroatoms. The molecule has 2 amide bonds. The molecule has 1 saturated heterocycles. The summed E-state index contributed by atoms with van der Waals surface area (Å²) >= 11 is 0. The topological polar surface area (TPSA) is 53.1 Å². The Labute approximate surface area is 183 Å². The highest BCUT2D eigenvalue weighted by Crippen LogP contribution is 2.22. The third-order valence-corrected chi connectivity index (χ3v) is 5.25. The fraction of sp³-hybridized carbons (Fsp3) is 0.375. The highest BCUT2D eigenvalue weighted by atomic mass is 19.1. The van der Waals surface area contributed by atoms with Gasteiger partial charge in [0, 0.05) is 38.4 Å². The Balaban J connectivity index is 1.77. The zero-order valence-electron chi connectivity index (χ0n) is 18.3. The minimum absolute atomic E-state index is 0.153. The van der Waals surface area contributed by atoms with Gasteiger partial charge in [0.2, 0.25) is 0 Å². The van der Waals surface area contributed by atoms with Crippen LogP contribution in [0.1, 0.15) is 29.8 Å². The smallest absolute Gasteiger partial charge is 0.337 e. The number of urea groups is 1. The molecule has 2 aromatic carbocycles. The van der Waals surface area contributed by atoms with Crippen LogP contribution >= 0.6 is 0 Å². The van der Waals surface area contributed by atoms with Crippen molar-refractivity contribution in [1.82, 2.24) is 9.80 Å². The van der Waals surface area contributed by atoms with Crippen molar-refractivity contribution in [3.8, 4) is 0 Å². The van der Waals surface area contributed by atoms with Gasteiger partial charge in [-0.25, -0.2) is 14.0 Å². The Kier molecular flexibility index (Phi) is 7.63. The fourth-order valence-electron chi connectivity index (χ4n) is 3.68. The zero-order valence-corrected chi connectivity index (χ0v) is 18.3. The lowest BCUT2D eigenvalue weighted by atomic mass is 10.1. The van der Waals surface area contributed by atoms with Crippen LogP contribution in [-0.2, 0) is 11.3 Å². The van der Waals surface area contributed by atoms with Crippen LogP contribution in [0.25, 0.3) is 0 Å². The lowest BCUT2D eigenvalue weighted by Crippen LogP contribution is -2.53. The number of ether oxygens (including phenoxy) is 1. The van der Waals surface area contributed by atoms with Gasteiger partial charge < -0.3 is 9.64 Å². The van der Waals surface area contributed by atoms with Gasteiger partial charge in [0.25, 0.3) is 0 Å². The number of nitrogens with zero attached hydrogens (tertiary/aromatic N) is 3. The number of amides is 2. The summed E-state index contributed by atoms with van der Waals surface area (Å²) in [6.07, 6.45) is 0. The maximum Gasteiger partial charge on any atom is 0.337 e. The Morgan fingerprint density at radius 2 is 1.71 bits per heavy atom. The molecule has 6 nitrogen and oxygen atoms in total. The van der Waals surface area contributed by atoms with Crippen molar-refractivity contribution in [1.29, 1.82) is 0 Å². The summed E-state index contributed by atoms with van der Waals surface area (Å²) < 4.78 is 18.6. The van der Waals surface area contributed by atoms with E-state index in [0.29, 0.717) is 24.3 Å². The van der Waals surface area contributed by atoms with Crippen LogP contribution in [0.2, 0.25) is 0 Å². The summed E-state index contributed by atoms with van der Waals surface area (Å²) in [4.78, 5) is 30.8. The molecule has 0 aliphatic carbocycles. The lowest BCUT2D eigenvalue weighted by molar-refractivity contribution is 0.0600. The van der Waals surface area contributed by atoms with Gasteiger partial charge >= 0.3 is 12.0 Å². The molecule has 0 spiro atoms. The van der Waals surface area contributed by atoms with Crippen molar-refractivity contribution in [2.24, 2.45) is 0 Å². The molecule has 1 radical (unpaired) electrons. The molecule has 165 valence electrons. The van der Waals surface area contributed by atoms with Crippen LogP contribution in [0.4, 0.5) is 14.9 Å². The van der Waals surface area contributed by atoms with E-state index in [1.54, 1.807) is 41.3 Å². The lowest BCUT2D eigenvalue weighted by Gasteiger charge is -2.38. The molecule has 0 aromatic heterocycles. The SMILES string of the molecule is COC(=O)c1ccc(CN(C(=O)N2CCN(C[C](C)C)CC2)c2cccc(F)c2)cc1. The number of carbonyl (C=O) groups excluding carboxylic acids is 2. The van der Waals surface area contributed by atoms with Gasteiger partial charge in [-0.3, -0.25) is 9.80 Å². The molecular formula is C24H29FN3O3. The van der Waals surface area contributed by atoms with E-state index in [9.17, 15) is 14.0 Å². The molecule has 2 aromatic rings. The summed E-state index contributed by atoms with van der Waals surface area (Å²) in [6.45, 7) is 8.28. The van der Waals surface area contributed by atoms with Crippen molar-refractivity contribution < 1.29 is 18.7 Å². The zero-order chi connectivity index (χ0) is 22.4. The number of hydrogen-bond acceptors (Lipinski definition) is 4. The predicted octanol–water partition coefficient (Wildman–Crippen LogP) is 3.97. The number of carbonyl (C=O) groups is 2. The Bertz CT molecular complexity index is 893. The highest BCUT2D eigenvalue weighted by Gasteiger charge is 2.27. The normalized spacial score (nSPS) is 14.5. The first-order valence-corrected chi connectivity index (χ1v) is 10.4. The fourth-order valence-corrected chi connectivity index (χ4v) is 3.68. The molecule has 1 fully saturated rings. The number of anilines is 1. The first kappa shape index (κ1) is 22.7. The quantitative estimate of drug-likeness (QED) is 0.656. The number of halogens is 1. The number of benzene rings is 2. The van der Waals surface area contributed by atoms with Gasteiger partial charge in [0.05, 0.1) is 19.2 Å². The second-order valence-corrected chi connectivity index (χ2v) is 8.01. The molecule has 0 unspecified atom stereocenters. The van der Waals surface area contributed by atoms with E-state index < -0.39 is 11.8 Å². The van der Waals surface area contributed by atoms with E-state index in [1.165, 1.54) is 25.2 Å². The summed E-state index contributed by atoms with van der Waals surface area (Å²) in [7, 11) is 1.33. The van der Waals surface area contributed by atoms with Gasteiger partial charge in [-0.1, -0.05) is 32.0 Å². The van der Waals surface area contributed by atoms with Crippen LogP contribution in [0.5, 0.6) is 0 Å². The van der Waals surface area contributed by atoms with E-state index in [0.717, 1.165) is 25.2 Å². The van der Waals surface area contributed by atoms with Gasteiger partial charge in [-0.15, -0.1) is 0 Å². The molecule has 1 aliphatic heterocycles. The first-order chi connectivity index (χ1) is 14.9. The van der Waals surface area contributed by atoms with Crippen LogP contribution in [0.15, 0.2) is 48.5 Å². The molecule has 0 bridgehead atoms. The molecule has 0 atom stereocenters. The average molecular weight is 427 g/mol. The number of esters is 1. The Morgan fingerprint density at radius 3 is 2.29 bits per heavy atom. The predicted molar refractivity (Wildman–Crippen MR) is 118 cm³/mol. The van der Waals surface area contributed by atoms with E-state index >= 15 is 0 Å². The van der Waals surface area contributed by atoms with Crippen molar-refractivity contribution in [2.45, 2.75) is 20.4 Å². The third kappa shape index (κ3) is 6.04. The summed E-state index contributed by atoms with van der Waals surface area (Å²) in [5.74, 6) is 0.536. The van der Waals surface area contributed by atoms with E-state index in [4.69, 9.17) is 4.74 Å². The summed E-state index contributed by atoms with van der Waals surface area (Å²) in [5, 5.41) is 0. The monoisotopic (exact) mass is 426 g/mol. The van der Waals surface area contributed by atoms with Gasteiger partial charge in [0.15, 0.2) is 0 Å². The molecular weight excluding hydrogens is 397 g/mol. The molecule has 1 aliphatic rings. The van der Waals surface area contributed by atoms with Gasteiger partial charge in [-0.05, 0) is 41.8 Å². The Morgan fingerprint density at radius 1 is 1.03 bits per heavy atom. The van der Waals surface area contributed by atoms with Crippen LogP contribution in [0.3, 0.4) is 0 Å². The van der Waals surface area contributed by atoms with Crippen molar-refractivity contribution in [3.63, 3.8) is 0 Å². The number of piperazine rings is 1. The van der Waals surface area contributed by atoms with Crippen LogP contribution in [0, 0.1) is 11.7 Å². The number of methoxy groups -OCH3 is 1. The Hall–Kier alpha value is -2.93. The highest BCUT2D eigenvalue weighted by molar-refractivity contribution is 5.92. The molecule has 31 heavy (non-hydrogen) atoms. The second-order valence-electron chi connectivity index (χ2n) is 8.01. The minimum Gasteiger partial charge on any atom is -0.465 e. The summed E-state index contributed by atoms with van der Waals surface area (Å²) in [5.41, 5.74) is 1.77. The van der Waals surface area contributed by atoms with Crippen LogP contribution < -0.4 is 4.90 Å². The molecule has 0 saturated carbocycles. The largest absolute Gasteiger partial charge is 0.465 e. The summed E-state index contributed by atoms with van der Waals surface area (Å²) in [6, 6.07) is 12.8. The van der Waals surface area contributed by atoms with Gasteiger partial charge in [0.1, 0.15) is 5.82 Å². The molecule has 1 heterocycles. The van der Waals surface area contributed by atoms with E-state index in [2.05, 4.69) is 18.7 Å². The maximum atomic E-state index is 13.9. The van der Waals surface area contributed by atoms with Gasteiger partial charge in [-0.2, -0.15) is 0 Å². The second kappa shape index (κ2) is 10.4. The third-order valence-electron chi connectivity index (χ3n) is 5.25. The minimum atomic E-state index is -0.415. The average Bonchev–Trinajstić information content (AvgIpc) is 2.77. The van der Waals surface area contributed by atoms with Crippen molar-refractivity contribution >= 4 is 17.7 Å². The van der Waals surface area contributed by atoms with Crippen molar-refractivity contribution in [3.05, 3.63) is 71.4 Å². The first-order valence-electron chi connectivity index (χ1n) is 10.4. The molecule has 0 N–H and O–H groups in total. The molecule has 3 rings (SSSR count). The maximum absolute atomic E-state index is 13.9.